The molecule has 0 radical (unpaired) electrons. The van der Waals surface area contributed by atoms with Gasteiger partial charge in [-0.2, -0.15) is 0 Å². The molecule has 1 aromatic carbocycles. The number of carbonyl (C=O) groups excluding carboxylic acids is 1. The van der Waals surface area contributed by atoms with E-state index in [4.69, 9.17) is 15.0 Å². The molecule has 0 aliphatic carbocycles. The first-order valence-corrected chi connectivity index (χ1v) is 7.82. The number of ether oxygens (including phenoxy) is 2. The van der Waals surface area contributed by atoms with Gasteiger partial charge in [0.05, 0.1) is 12.7 Å². The van der Waals surface area contributed by atoms with Crippen LogP contribution in [0, 0.1) is 0 Å². The fourth-order valence-corrected chi connectivity index (χ4v) is 3.43. The molecule has 9 heteroatoms. The lowest BCUT2D eigenvalue weighted by molar-refractivity contribution is -0.184. The molecule has 2 N–H and O–H groups in total. The predicted molar refractivity (Wildman–Crippen MR) is 82.5 cm³/mol. The maximum absolute atomic E-state index is 11.4. The van der Waals surface area contributed by atoms with Crippen molar-refractivity contribution in [2.24, 2.45) is 5.11 Å². The molecule has 3 unspecified atom stereocenters. The van der Waals surface area contributed by atoms with Crippen molar-refractivity contribution in [3.8, 4) is 0 Å². The molecular formula is C14H17N3O5S. The van der Waals surface area contributed by atoms with E-state index in [2.05, 4.69) is 10.0 Å². The van der Waals surface area contributed by atoms with Gasteiger partial charge in [0, 0.05) is 16.7 Å². The van der Waals surface area contributed by atoms with Crippen molar-refractivity contribution in [3.05, 3.63) is 40.8 Å². The van der Waals surface area contributed by atoms with Gasteiger partial charge in [-0.25, -0.2) is 0 Å². The second kappa shape index (κ2) is 8.19. The lowest BCUT2D eigenvalue weighted by Crippen LogP contribution is -2.57. The second-order valence-electron chi connectivity index (χ2n) is 4.92. The zero-order chi connectivity index (χ0) is 16.8. The molecule has 0 bridgehead atoms. The van der Waals surface area contributed by atoms with Crippen LogP contribution >= 0.6 is 11.8 Å². The van der Waals surface area contributed by atoms with Gasteiger partial charge in [0.2, 0.25) is 0 Å². The molecule has 0 spiro atoms. The second-order valence-corrected chi connectivity index (χ2v) is 6.09. The summed E-state index contributed by atoms with van der Waals surface area (Å²) >= 11 is 1.26. The Hall–Kier alpha value is -1.77. The van der Waals surface area contributed by atoms with E-state index >= 15 is 0 Å². The third kappa shape index (κ3) is 4.37. The molecule has 1 aliphatic rings. The molecule has 0 saturated carbocycles. The normalized spacial score (nSPS) is 30.3. The highest BCUT2D eigenvalue weighted by Crippen LogP contribution is 2.36. The fourth-order valence-electron chi connectivity index (χ4n) is 2.30. The average molecular weight is 339 g/mol. The van der Waals surface area contributed by atoms with E-state index in [1.54, 1.807) is 0 Å². The molecule has 0 aromatic heterocycles. The van der Waals surface area contributed by atoms with Gasteiger partial charge in [0.1, 0.15) is 23.7 Å². The van der Waals surface area contributed by atoms with Crippen molar-refractivity contribution in [1.82, 2.24) is 0 Å². The standard InChI is InChI=1S/C14H17N3O5S/c1-8(19)21-13-11(16-17-15)12(20)10(7-18)22-14(13)23-9-5-3-2-4-6-9/h2-6,10-14,18,20H,7H2,1H3/t10?,11?,12-,13?,14-/m0/s1. The Morgan fingerprint density at radius 2 is 2.17 bits per heavy atom. The molecule has 1 aromatic rings. The van der Waals surface area contributed by atoms with Gasteiger partial charge in [-0.15, -0.1) is 0 Å². The number of rotatable bonds is 5. The number of hydrogen-bond donors (Lipinski definition) is 2. The summed E-state index contributed by atoms with van der Waals surface area (Å²) in [5.74, 6) is -0.579. The topological polar surface area (TPSA) is 125 Å². The van der Waals surface area contributed by atoms with Gasteiger partial charge in [-0.05, 0) is 17.7 Å². The Bertz CT molecular complexity index is 581. The first-order valence-electron chi connectivity index (χ1n) is 6.94. The lowest BCUT2D eigenvalue weighted by Gasteiger charge is -2.41. The summed E-state index contributed by atoms with van der Waals surface area (Å²) < 4.78 is 10.9. The molecule has 2 rings (SSSR count). The molecule has 8 nitrogen and oxygen atoms in total. The number of benzene rings is 1. The summed E-state index contributed by atoms with van der Waals surface area (Å²) in [5, 5.41) is 23.1. The molecular weight excluding hydrogens is 322 g/mol. The van der Waals surface area contributed by atoms with Crippen LogP contribution in [0.3, 0.4) is 0 Å². The smallest absolute Gasteiger partial charge is 0.303 e. The van der Waals surface area contributed by atoms with E-state index in [1.807, 2.05) is 30.3 Å². The number of thioether (sulfide) groups is 1. The molecule has 124 valence electrons. The Morgan fingerprint density at radius 3 is 2.74 bits per heavy atom. The van der Waals surface area contributed by atoms with E-state index in [0.717, 1.165) is 4.90 Å². The zero-order valence-corrected chi connectivity index (χ0v) is 13.2. The summed E-state index contributed by atoms with van der Waals surface area (Å²) in [7, 11) is 0. The number of hydrogen-bond acceptors (Lipinski definition) is 7. The van der Waals surface area contributed by atoms with Gasteiger partial charge in [0.15, 0.2) is 0 Å². The van der Waals surface area contributed by atoms with Crippen molar-refractivity contribution < 1.29 is 24.5 Å². The molecule has 23 heavy (non-hydrogen) atoms. The van der Waals surface area contributed by atoms with E-state index in [9.17, 15) is 15.0 Å². The minimum absolute atomic E-state index is 0.447. The SMILES string of the molecule is CC(=O)OC1C(N=[N+]=[N-])[C@@H](O)C(CO)O[C@H]1Sc1ccccc1. The largest absolute Gasteiger partial charge is 0.458 e. The Balaban J connectivity index is 2.30. The van der Waals surface area contributed by atoms with Crippen LogP contribution in [0.2, 0.25) is 0 Å². The van der Waals surface area contributed by atoms with Gasteiger partial charge in [-0.3, -0.25) is 4.79 Å². The highest BCUT2D eigenvalue weighted by Gasteiger charge is 2.47. The quantitative estimate of drug-likeness (QED) is 0.362. The number of nitrogens with zero attached hydrogens (tertiary/aromatic N) is 3. The molecule has 0 amide bonds. The predicted octanol–water partition coefficient (Wildman–Crippen LogP) is 1.47. The number of carbonyl (C=O) groups is 1. The van der Waals surface area contributed by atoms with Gasteiger partial charge < -0.3 is 19.7 Å². The first kappa shape index (κ1) is 17.6. The van der Waals surface area contributed by atoms with Crippen LogP contribution in [-0.4, -0.2) is 52.6 Å². The van der Waals surface area contributed by atoms with Crippen molar-refractivity contribution in [2.75, 3.05) is 6.61 Å². The van der Waals surface area contributed by atoms with Crippen LogP contribution in [0.5, 0.6) is 0 Å². The fraction of sp³-hybridized carbons (Fsp3) is 0.500. The van der Waals surface area contributed by atoms with E-state index in [-0.39, 0.29) is 0 Å². The third-order valence-electron chi connectivity index (χ3n) is 3.31. The maximum atomic E-state index is 11.4. The molecule has 5 atom stereocenters. The molecule has 1 saturated heterocycles. The maximum Gasteiger partial charge on any atom is 0.303 e. The minimum atomic E-state index is -1.27. The van der Waals surface area contributed by atoms with Crippen LogP contribution in [0.1, 0.15) is 6.92 Å². The summed E-state index contributed by atoms with van der Waals surface area (Å²) in [5.41, 5.74) is 8.00. The highest BCUT2D eigenvalue weighted by atomic mass is 32.2. The summed E-state index contributed by atoms with van der Waals surface area (Å²) in [6, 6.07) is 8.19. The lowest BCUT2D eigenvalue weighted by atomic mass is 9.98. The number of esters is 1. The van der Waals surface area contributed by atoms with Gasteiger partial charge in [-0.1, -0.05) is 35.1 Å². The summed E-state index contributed by atoms with van der Waals surface area (Å²) in [6.07, 6.45) is -3.17. The average Bonchev–Trinajstić information content (AvgIpc) is 2.54. The van der Waals surface area contributed by atoms with Crippen molar-refractivity contribution in [1.29, 1.82) is 0 Å². The Labute approximate surface area is 137 Å². The zero-order valence-electron chi connectivity index (χ0n) is 12.3. The van der Waals surface area contributed by atoms with Crippen LogP contribution < -0.4 is 0 Å². The van der Waals surface area contributed by atoms with Crippen LogP contribution in [0.15, 0.2) is 40.3 Å². The van der Waals surface area contributed by atoms with Gasteiger partial charge >= 0.3 is 5.97 Å². The van der Waals surface area contributed by atoms with E-state index < -0.39 is 42.4 Å². The van der Waals surface area contributed by atoms with Crippen LogP contribution in [-0.2, 0) is 14.3 Å². The highest BCUT2D eigenvalue weighted by molar-refractivity contribution is 7.99. The number of aliphatic hydroxyl groups excluding tert-OH is 2. The molecule has 1 heterocycles. The monoisotopic (exact) mass is 339 g/mol. The van der Waals surface area contributed by atoms with Crippen molar-refractivity contribution in [3.63, 3.8) is 0 Å². The van der Waals surface area contributed by atoms with Crippen LogP contribution in [0.4, 0.5) is 0 Å². The Morgan fingerprint density at radius 1 is 1.48 bits per heavy atom. The van der Waals surface area contributed by atoms with Crippen molar-refractivity contribution >= 4 is 17.7 Å². The number of azide groups is 1. The first-order chi connectivity index (χ1) is 11.1. The minimum Gasteiger partial charge on any atom is -0.458 e. The third-order valence-corrected chi connectivity index (χ3v) is 4.46. The molecule has 1 aliphatic heterocycles. The van der Waals surface area contributed by atoms with Gasteiger partial charge in [0.25, 0.3) is 0 Å². The van der Waals surface area contributed by atoms with Crippen molar-refractivity contribution in [2.45, 2.75) is 41.6 Å². The van der Waals surface area contributed by atoms with Crippen LogP contribution in [0.25, 0.3) is 10.4 Å². The summed E-state index contributed by atoms with van der Waals surface area (Å²) in [4.78, 5) is 14.9. The Kier molecular flexibility index (Phi) is 6.26. The molecule has 1 fully saturated rings. The summed E-state index contributed by atoms with van der Waals surface area (Å²) in [6.45, 7) is 0.777. The number of aliphatic hydroxyl groups is 2. The van der Waals surface area contributed by atoms with E-state index in [0.29, 0.717) is 0 Å². The van der Waals surface area contributed by atoms with E-state index in [1.165, 1.54) is 18.7 Å².